The number of nitrogens with one attached hydrogen (secondary N) is 2. The van der Waals surface area contributed by atoms with Gasteiger partial charge in [-0.25, -0.2) is 10.2 Å². The summed E-state index contributed by atoms with van der Waals surface area (Å²) < 4.78 is 4.91. The molecule has 0 unspecified atom stereocenters. The minimum atomic E-state index is -1.48. The van der Waals surface area contributed by atoms with E-state index in [1.54, 1.807) is 20.8 Å². The number of carboxylic acid groups (broad SMARTS) is 1. The van der Waals surface area contributed by atoms with Gasteiger partial charge < -0.3 is 14.6 Å². The van der Waals surface area contributed by atoms with Crippen LogP contribution >= 0.6 is 0 Å². The van der Waals surface area contributed by atoms with Crippen LogP contribution in [0.2, 0.25) is 0 Å². The predicted octanol–water partition coefficient (Wildman–Crippen LogP) is 0.220. The zero-order valence-electron chi connectivity index (χ0n) is 11.4. The van der Waals surface area contributed by atoms with Crippen molar-refractivity contribution in [1.82, 2.24) is 10.9 Å². The molecule has 0 bridgehead atoms. The molecule has 0 saturated carbocycles. The molecule has 20 heavy (non-hydrogen) atoms. The molecule has 1 aromatic rings. The van der Waals surface area contributed by atoms with Crippen LogP contribution in [-0.4, -0.2) is 23.6 Å². The van der Waals surface area contributed by atoms with Gasteiger partial charge >= 0.3 is 6.09 Å². The summed E-state index contributed by atoms with van der Waals surface area (Å²) in [6, 6.07) is 5.49. The fraction of sp³-hybridized carbons (Fsp3) is 0.308. The third kappa shape index (κ3) is 4.60. The van der Waals surface area contributed by atoms with Crippen LogP contribution in [0.25, 0.3) is 0 Å². The highest BCUT2D eigenvalue weighted by Crippen LogP contribution is 2.08. The quantitative estimate of drug-likeness (QED) is 0.753. The van der Waals surface area contributed by atoms with Gasteiger partial charge in [0.1, 0.15) is 5.60 Å². The Balaban J connectivity index is 2.69. The van der Waals surface area contributed by atoms with Gasteiger partial charge in [-0.15, -0.1) is 0 Å². The van der Waals surface area contributed by atoms with Gasteiger partial charge in [0, 0.05) is 5.56 Å². The summed E-state index contributed by atoms with van der Waals surface area (Å²) in [4.78, 5) is 34.0. The number of carbonyl (C=O) groups is 3. The molecule has 0 saturated heterocycles. The smallest absolute Gasteiger partial charge is 0.426 e. The summed E-state index contributed by atoms with van der Waals surface area (Å²) >= 11 is 0. The molecule has 1 rings (SSSR count). The second-order valence-electron chi connectivity index (χ2n) is 4.91. The number of hydrogen-bond donors (Lipinski definition) is 2. The van der Waals surface area contributed by atoms with Crippen LogP contribution in [0.3, 0.4) is 0 Å². The van der Waals surface area contributed by atoms with Crippen molar-refractivity contribution in [3.05, 3.63) is 35.4 Å². The van der Waals surface area contributed by atoms with Crippen LogP contribution in [-0.2, 0) is 4.74 Å². The Morgan fingerprint density at radius 2 is 1.60 bits per heavy atom. The molecule has 0 fully saturated rings. The number of carboxylic acids is 1. The van der Waals surface area contributed by atoms with E-state index in [1.165, 1.54) is 24.3 Å². The lowest BCUT2D eigenvalue weighted by atomic mass is 10.1. The molecular weight excluding hydrogens is 264 g/mol. The Labute approximate surface area is 115 Å². The minimum absolute atomic E-state index is 0.122. The average molecular weight is 279 g/mol. The largest absolute Gasteiger partial charge is 0.545 e. The van der Waals surface area contributed by atoms with Gasteiger partial charge in [0.2, 0.25) is 0 Å². The second kappa shape index (κ2) is 6.05. The molecule has 108 valence electrons. The van der Waals surface area contributed by atoms with Gasteiger partial charge in [-0.2, -0.15) is 0 Å². The minimum Gasteiger partial charge on any atom is -0.545 e. The molecule has 0 aliphatic rings. The van der Waals surface area contributed by atoms with E-state index in [1.807, 2.05) is 5.43 Å². The molecule has 2 N–H and O–H groups in total. The van der Waals surface area contributed by atoms with Crippen LogP contribution in [0.15, 0.2) is 24.3 Å². The first-order valence-electron chi connectivity index (χ1n) is 5.80. The number of hydrazine groups is 1. The van der Waals surface area contributed by atoms with Gasteiger partial charge in [0.25, 0.3) is 5.91 Å². The predicted molar refractivity (Wildman–Crippen MR) is 67.6 cm³/mol. The van der Waals surface area contributed by atoms with E-state index in [-0.39, 0.29) is 11.1 Å². The van der Waals surface area contributed by atoms with E-state index in [4.69, 9.17) is 4.74 Å². The van der Waals surface area contributed by atoms with Crippen LogP contribution in [0.1, 0.15) is 41.5 Å². The molecule has 0 aliphatic carbocycles. The highest BCUT2D eigenvalue weighted by atomic mass is 16.6. The summed E-state index contributed by atoms with van der Waals surface area (Å²) in [6.07, 6.45) is -0.850. The van der Waals surface area contributed by atoms with Crippen LogP contribution in [0, 0.1) is 0 Å². The second-order valence-corrected chi connectivity index (χ2v) is 4.91. The molecule has 0 atom stereocenters. The lowest BCUT2D eigenvalue weighted by Gasteiger charge is -2.20. The fourth-order valence-corrected chi connectivity index (χ4v) is 1.34. The van der Waals surface area contributed by atoms with E-state index in [0.717, 1.165) is 0 Å². The Morgan fingerprint density at radius 1 is 1.05 bits per heavy atom. The van der Waals surface area contributed by atoms with Crippen molar-refractivity contribution in [2.75, 3.05) is 0 Å². The van der Waals surface area contributed by atoms with Gasteiger partial charge in [-0.3, -0.25) is 10.2 Å². The van der Waals surface area contributed by atoms with E-state index < -0.39 is 23.6 Å². The van der Waals surface area contributed by atoms with Gasteiger partial charge in [-0.1, -0.05) is 18.2 Å². The molecule has 0 spiro atoms. The van der Waals surface area contributed by atoms with Crippen molar-refractivity contribution < 1.29 is 24.2 Å². The standard InChI is InChI=1S/C13H16N2O5/c1-13(2,3)20-12(19)15-14-10(16)8-6-4-5-7-9(8)11(17)18/h4-7H,1-3H3,(H,14,16)(H,15,19)(H,17,18)/p-1. The molecule has 0 radical (unpaired) electrons. The van der Waals surface area contributed by atoms with Crippen LogP contribution in [0.5, 0.6) is 0 Å². The van der Waals surface area contributed by atoms with E-state index in [0.29, 0.717) is 0 Å². The average Bonchev–Trinajstić information content (AvgIpc) is 2.33. The SMILES string of the molecule is CC(C)(C)OC(=O)NNC(=O)c1ccccc1C(=O)[O-]. The number of amides is 2. The third-order valence-corrected chi connectivity index (χ3v) is 2.07. The molecule has 0 aromatic heterocycles. The van der Waals surface area contributed by atoms with Gasteiger partial charge in [0.05, 0.1) is 11.5 Å². The summed E-state index contributed by atoms with van der Waals surface area (Å²) in [5, 5.41) is 10.8. The van der Waals surface area contributed by atoms with Crippen molar-refractivity contribution in [1.29, 1.82) is 0 Å². The van der Waals surface area contributed by atoms with Gasteiger partial charge in [-0.05, 0) is 26.8 Å². The first-order valence-corrected chi connectivity index (χ1v) is 5.80. The maximum Gasteiger partial charge on any atom is 0.426 e. The molecule has 2 amide bonds. The van der Waals surface area contributed by atoms with Crippen molar-refractivity contribution in [2.24, 2.45) is 0 Å². The zero-order chi connectivity index (χ0) is 15.3. The van der Waals surface area contributed by atoms with Gasteiger partial charge in [0.15, 0.2) is 0 Å². The van der Waals surface area contributed by atoms with E-state index in [2.05, 4.69) is 5.43 Å². The normalized spacial score (nSPS) is 10.6. The maximum absolute atomic E-state index is 11.8. The summed E-state index contributed by atoms with van der Waals surface area (Å²) in [7, 11) is 0. The number of benzene rings is 1. The molecule has 0 heterocycles. The van der Waals surface area contributed by atoms with Crippen LogP contribution < -0.4 is 16.0 Å². The summed E-state index contributed by atoms with van der Waals surface area (Å²) in [6.45, 7) is 5.00. The number of carbonyl (C=O) groups excluding carboxylic acids is 3. The zero-order valence-corrected chi connectivity index (χ0v) is 11.4. The Bertz CT molecular complexity index is 534. The Kier molecular flexibility index (Phi) is 4.68. The number of aromatic carboxylic acids is 1. The Hall–Kier alpha value is -2.57. The van der Waals surface area contributed by atoms with E-state index >= 15 is 0 Å². The molecule has 7 heteroatoms. The summed E-state index contributed by atoms with van der Waals surface area (Å²) in [5.41, 5.74) is 2.99. The molecular formula is C13H15N2O5-. The first kappa shape index (κ1) is 15.5. The number of ether oxygens (including phenoxy) is 1. The van der Waals surface area contributed by atoms with Crippen molar-refractivity contribution in [2.45, 2.75) is 26.4 Å². The van der Waals surface area contributed by atoms with E-state index in [9.17, 15) is 19.5 Å². The molecule has 7 nitrogen and oxygen atoms in total. The first-order chi connectivity index (χ1) is 9.20. The van der Waals surface area contributed by atoms with Crippen molar-refractivity contribution in [3.63, 3.8) is 0 Å². The van der Waals surface area contributed by atoms with Crippen LogP contribution in [0.4, 0.5) is 4.79 Å². The van der Waals surface area contributed by atoms with Crippen molar-refractivity contribution >= 4 is 18.0 Å². The lowest BCUT2D eigenvalue weighted by Crippen LogP contribution is -2.44. The lowest BCUT2D eigenvalue weighted by molar-refractivity contribution is -0.255. The number of hydrogen-bond acceptors (Lipinski definition) is 5. The Morgan fingerprint density at radius 3 is 2.10 bits per heavy atom. The highest BCUT2D eigenvalue weighted by Gasteiger charge is 2.17. The third-order valence-electron chi connectivity index (χ3n) is 2.07. The fourth-order valence-electron chi connectivity index (χ4n) is 1.34. The van der Waals surface area contributed by atoms with Crippen molar-refractivity contribution in [3.8, 4) is 0 Å². The molecule has 1 aromatic carbocycles. The molecule has 0 aliphatic heterocycles. The maximum atomic E-state index is 11.8. The topological polar surface area (TPSA) is 108 Å². The summed E-state index contributed by atoms with van der Waals surface area (Å²) in [5.74, 6) is -2.26. The number of rotatable bonds is 2. The highest BCUT2D eigenvalue weighted by molar-refractivity contribution is 6.04. The monoisotopic (exact) mass is 279 g/mol.